The number of phenols is 4. The number of aromatic hydroxyl groups is 4. The number of aliphatic hydroxyl groups is 5. The Morgan fingerprint density at radius 3 is 2.16 bits per heavy atom. The minimum atomic E-state index is -2.02. The van der Waals surface area contributed by atoms with Crippen molar-refractivity contribution in [3.63, 3.8) is 0 Å². The van der Waals surface area contributed by atoms with Crippen molar-refractivity contribution in [1.82, 2.24) is 0 Å². The molecule has 0 bridgehead atoms. The van der Waals surface area contributed by atoms with Crippen molar-refractivity contribution < 1.29 is 88.3 Å². The van der Waals surface area contributed by atoms with Gasteiger partial charge in [0.05, 0.1) is 20.3 Å². The van der Waals surface area contributed by atoms with E-state index in [-0.39, 0.29) is 39.9 Å². The molecule has 6 rings (SSSR count). The summed E-state index contributed by atoms with van der Waals surface area (Å²) in [7, 11) is 2.61. The van der Waals surface area contributed by atoms with Crippen molar-refractivity contribution in [2.75, 3.05) is 20.8 Å². The van der Waals surface area contributed by atoms with Crippen LogP contribution in [0.15, 0.2) is 63.8 Å². The molecule has 0 spiro atoms. The van der Waals surface area contributed by atoms with Gasteiger partial charge in [-0.25, -0.2) is 4.79 Å². The standard InChI is InChI=1S/C38H40O19/c1-15-28(44)31(47)33(49)37(53-15)57-36-32(48)29(45)25(14-52-26(43)9-5-16-4-7-19(40)22(10-16)50-2)55-38(36)56-35-30(46)27-21(42)12-18(39)13-24(27)54-34(35)17-6-8-20(41)23(11-17)51-3/h4-13,15,25,28-29,31-33,36-42,44-45,47-49H,14H2,1-3H3/b9-5+/t15-,25+,28-,29+,31+,32-,33+,36+,37-,38-/m0/s1. The van der Waals surface area contributed by atoms with Crippen LogP contribution >= 0.6 is 0 Å². The summed E-state index contributed by atoms with van der Waals surface area (Å²) in [5.74, 6) is -3.51. The van der Waals surface area contributed by atoms with Crippen molar-refractivity contribution in [2.24, 2.45) is 0 Å². The summed E-state index contributed by atoms with van der Waals surface area (Å²) in [6.45, 7) is 0.651. The fraction of sp³-hybridized carbons (Fsp3) is 0.368. The predicted octanol–water partition coefficient (Wildman–Crippen LogP) is 0.594. The zero-order chi connectivity index (χ0) is 41.3. The minimum absolute atomic E-state index is 0.0517. The molecule has 10 atom stereocenters. The maximum atomic E-state index is 14.2. The summed E-state index contributed by atoms with van der Waals surface area (Å²) < 4.78 is 44.9. The molecule has 19 nitrogen and oxygen atoms in total. The molecular formula is C38H40O19. The Kier molecular flexibility index (Phi) is 12.1. The molecule has 9 N–H and O–H groups in total. The molecular weight excluding hydrogens is 760 g/mol. The van der Waals surface area contributed by atoms with Crippen LogP contribution in [0.5, 0.6) is 40.2 Å². The van der Waals surface area contributed by atoms with Gasteiger partial charge >= 0.3 is 5.97 Å². The number of rotatable bonds is 11. The third-order valence-electron chi connectivity index (χ3n) is 9.34. The number of hydrogen-bond acceptors (Lipinski definition) is 19. The molecule has 0 radical (unpaired) electrons. The lowest BCUT2D eigenvalue weighted by Crippen LogP contribution is -2.64. The number of carbonyl (C=O) groups excluding carboxylic acids is 1. The van der Waals surface area contributed by atoms with Crippen LogP contribution < -0.4 is 19.6 Å². The van der Waals surface area contributed by atoms with E-state index in [0.717, 1.165) is 18.2 Å². The lowest BCUT2D eigenvalue weighted by Gasteiger charge is -2.45. The molecule has 4 aromatic rings. The highest BCUT2D eigenvalue weighted by Crippen LogP contribution is 2.40. The van der Waals surface area contributed by atoms with E-state index in [4.69, 9.17) is 37.6 Å². The van der Waals surface area contributed by atoms with Gasteiger partial charge in [-0.05, 0) is 48.9 Å². The van der Waals surface area contributed by atoms with Gasteiger partial charge in [-0.3, -0.25) is 4.79 Å². The third kappa shape index (κ3) is 8.41. The third-order valence-corrected chi connectivity index (χ3v) is 9.34. The first-order valence-corrected chi connectivity index (χ1v) is 17.3. The van der Waals surface area contributed by atoms with Crippen molar-refractivity contribution in [2.45, 2.75) is 68.3 Å². The average Bonchev–Trinajstić information content (AvgIpc) is 3.18. The van der Waals surface area contributed by atoms with Crippen LogP contribution in [0.2, 0.25) is 0 Å². The van der Waals surface area contributed by atoms with Crippen LogP contribution in [-0.2, 0) is 23.7 Å². The van der Waals surface area contributed by atoms with E-state index in [2.05, 4.69) is 0 Å². The van der Waals surface area contributed by atoms with Gasteiger partial charge in [-0.2, -0.15) is 0 Å². The van der Waals surface area contributed by atoms with E-state index < -0.39 is 102 Å². The highest BCUT2D eigenvalue weighted by atomic mass is 16.8. The number of phenolic OH excluding ortho intramolecular Hbond substituents is 4. The lowest BCUT2D eigenvalue weighted by molar-refractivity contribution is -0.354. The molecule has 0 amide bonds. The van der Waals surface area contributed by atoms with E-state index in [1.165, 1.54) is 63.6 Å². The Balaban J connectivity index is 1.37. The van der Waals surface area contributed by atoms with Crippen LogP contribution in [0.1, 0.15) is 12.5 Å². The summed E-state index contributed by atoms with van der Waals surface area (Å²) in [5, 5.41) is 94.5. The SMILES string of the molecule is COc1cc(/C=C/C(=O)OC[C@H]2O[C@@H](Oc3c(-c4ccc(O)c(OC)c4)oc4cc(O)cc(O)c4c3=O)[C@H](O[C@@H]3O[C@@H](C)[C@H](O)[C@@H](O)[C@H]3O)[C@@H](O)[C@@H]2O)ccc1O. The molecule has 2 aliphatic rings. The summed E-state index contributed by atoms with van der Waals surface area (Å²) in [4.78, 5) is 26.9. The van der Waals surface area contributed by atoms with Gasteiger partial charge in [0.25, 0.3) is 0 Å². The topological polar surface area (TPSA) is 294 Å². The number of aliphatic hydroxyl groups excluding tert-OH is 5. The molecule has 3 aromatic carbocycles. The Labute approximate surface area is 322 Å². The maximum Gasteiger partial charge on any atom is 0.330 e. The van der Waals surface area contributed by atoms with Crippen molar-refractivity contribution in [3.05, 3.63) is 70.4 Å². The summed E-state index contributed by atoms with van der Waals surface area (Å²) in [6, 6.07) is 10.0. The molecule has 3 heterocycles. The molecule has 1 aromatic heterocycles. The van der Waals surface area contributed by atoms with Gasteiger partial charge < -0.3 is 83.5 Å². The second kappa shape index (κ2) is 16.8. The number of benzene rings is 3. The van der Waals surface area contributed by atoms with Crippen molar-refractivity contribution in [1.29, 1.82) is 0 Å². The molecule has 2 saturated heterocycles. The van der Waals surface area contributed by atoms with Gasteiger partial charge in [-0.1, -0.05) is 6.07 Å². The fourth-order valence-electron chi connectivity index (χ4n) is 6.24. The first-order chi connectivity index (χ1) is 27.1. The molecule has 306 valence electrons. The Morgan fingerprint density at radius 1 is 0.772 bits per heavy atom. The molecule has 0 saturated carbocycles. The largest absolute Gasteiger partial charge is 0.508 e. The van der Waals surface area contributed by atoms with E-state index in [0.29, 0.717) is 5.56 Å². The monoisotopic (exact) mass is 800 g/mol. The Morgan fingerprint density at radius 2 is 1.46 bits per heavy atom. The second-order valence-electron chi connectivity index (χ2n) is 13.1. The normalized spacial score (nSPS) is 27.6. The van der Waals surface area contributed by atoms with Gasteiger partial charge in [0.2, 0.25) is 17.5 Å². The van der Waals surface area contributed by atoms with Crippen molar-refractivity contribution in [3.8, 4) is 51.6 Å². The van der Waals surface area contributed by atoms with E-state index in [9.17, 15) is 55.5 Å². The highest BCUT2D eigenvalue weighted by Gasteiger charge is 2.51. The minimum Gasteiger partial charge on any atom is -0.508 e. The summed E-state index contributed by atoms with van der Waals surface area (Å²) in [6.07, 6.45) is -15.1. The van der Waals surface area contributed by atoms with Crippen LogP contribution in [0, 0.1) is 0 Å². The van der Waals surface area contributed by atoms with E-state index >= 15 is 0 Å². The molecule has 57 heavy (non-hydrogen) atoms. The van der Waals surface area contributed by atoms with Gasteiger partial charge in [-0.15, -0.1) is 0 Å². The predicted molar refractivity (Wildman–Crippen MR) is 193 cm³/mol. The van der Waals surface area contributed by atoms with Crippen LogP contribution in [0.25, 0.3) is 28.4 Å². The quantitative estimate of drug-likeness (QED) is 0.0741. The van der Waals surface area contributed by atoms with Gasteiger partial charge in [0, 0.05) is 23.8 Å². The Bertz CT molecular complexity index is 2180. The van der Waals surface area contributed by atoms with Crippen LogP contribution in [0.3, 0.4) is 0 Å². The fourth-order valence-corrected chi connectivity index (χ4v) is 6.24. The van der Waals surface area contributed by atoms with Crippen LogP contribution in [-0.4, -0.2) is 134 Å². The first kappa shape index (κ1) is 41.0. The molecule has 19 heteroatoms. The molecule has 0 aliphatic carbocycles. The lowest BCUT2D eigenvalue weighted by atomic mass is 9.97. The number of esters is 1. The maximum absolute atomic E-state index is 14.2. The van der Waals surface area contributed by atoms with Gasteiger partial charge in [0.1, 0.15) is 65.7 Å². The zero-order valence-corrected chi connectivity index (χ0v) is 30.4. The smallest absolute Gasteiger partial charge is 0.330 e. The summed E-state index contributed by atoms with van der Waals surface area (Å²) >= 11 is 0. The number of methoxy groups -OCH3 is 2. The highest BCUT2D eigenvalue weighted by molar-refractivity contribution is 5.88. The van der Waals surface area contributed by atoms with Crippen LogP contribution in [0.4, 0.5) is 0 Å². The van der Waals surface area contributed by atoms with Gasteiger partial charge in [0.15, 0.2) is 41.2 Å². The van der Waals surface area contributed by atoms with E-state index in [1.54, 1.807) is 0 Å². The Hall–Kier alpha value is -5.64. The second-order valence-corrected chi connectivity index (χ2v) is 13.1. The molecule has 2 fully saturated rings. The molecule has 2 aliphatic heterocycles. The number of hydrogen-bond donors (Lipinski definition) is 9. The number of ether oxygens (including phenoxy) is 7. The number of carbonyl (C=O) groups is 1. The zero-order valence-electron chi connectivity index (χ0n) is 30.4. The molecule has 0 unspecified atom stereocenters. The number of fused-ring (bicyclic) bond motifs is 1. The summed E-state index contributed by atoms with van der Waals surface area (Å²) in [5.41, 5.74) is -0.839. The van der Waals surface area contributed by atoms with E-state index in [1.807, 2.05) is 0 Å². The first-order valence-electron chi connectivity index (χ1n) is 17.3. The van der Waals surface area contributed by atoms with Crippen molar-refractivity contribution >= 4 is 23.0 Å². The average molecular weight is 801 g/mol.